The minimum atomic E-state index is 0.248. The average Bonchev–Trinajstić information content (AvgIpc) is 3.43. The Balaban J connectivity index is 1.25. The molecule has 3 aliphatic rings. The van der Waals surface area contributed by atoms with Gasteiger partial charge in [-0.05, 0) is 114 Å². The van der Waals surface area contributed by atoms with Crippen molar-refractivity contribution in [2.45, 2.75) is 72.1 Å². The number of anilines is 1. The number of para-hydroxylation sites is 1. The lowest BCUT2D eigenvalue weighted by atomic mass is 9.74. The predicted molar refractivity (Wildman–Crippen MR) is 187 cm³/mol. The summed E-state index contributed by atoms with van der Waals surface area (Å²) in [6.07, 6.45) is 21.2. The monoisotopic (exact) mass is 589 g/mol. The molecule has 1 aliphatic heterocycles. The number of fused-ring (bicyclic) bond motifs is 2. The Bertz CT molecular complexity index is 1700. The second-order valence-electron chi connectivity index (χ2n) is 13.7. The van der Waals surface area contributed by atoms with Gasteiger partial charge in [-0.15, -0.1) is 11.3 Å². The Hall–Kier alpha value is -3.01. The molecule has 0 bridgehead atoms. The minimum absolute atomic E-state index is 0.248. The number of hydrogen-bond donors (Lipinski definition) is 0. The first kappa shape index (κ1) is 29.1. The fraction of sp³-hybridized carbons (Fsp3) is 0.333. The van der Waals surface area contributed by atoms with Crippen LogP contribution in [0.15, 0.2) is 117 Å². The molecule has 42 heavy (non-hydrogen) atoms. The van der Waals surface area contributed by atoms with Crippen molar-refractivity contribution in [2.24, 2.45) is 10.8 Å². The molecular formula is C39H43NS2. The normalized spacial score (nSPS) is 22.8. The summed E-state index contributed by atoms with van der Waals surface area (Å²) >= 11 is 3.82. The number of nitrogens with zero attached hydrogens (tertiary/aromatic N) is 1. The molecule has 0 radical (unpaired) electrons. The average molecular weight is 590 g/mol. The molecule has 2 aromatic carbocycles. The molecule has 6 rings (SSSR count). The number of aryl methyl sites for hydroxylation is 1. The third-order valence-electron chi connectivity index (χ3n) is 8.55. The second kappa shape index (κ2) is 11.6. The van der Waals surface area contributed by atoms with Gasteiger partial charge >= 0.3 is 0 Å². The van der Waals surface area contributed by atoms with E-state index in [-0.39, 0.29) is 10.8 Å². The van der Waals surface area contributed by atoms with Crippen molar-refractivity contribution < 1.29 is 0 Å². The fourth-order valence-corrected chi connectivity index (χ4v) is 9.25. The molecule has 3 heteroatoms. The van der Waals surface area contributed by atoms with Crippen molar-refractivity contribution in [1.29, 1.82) is 0 Å². The molecule has 0 N–H and O–H groups in total. The summed E-state index contributed by atoms with van der Waals surface area (Å²) < 4.78 is 1.38. The summed E-state index contributed by atoms with van der Waals surface area (Å²) in [5.74, 6) is 0. The summed E-state index contributed by atoms with van der Waals surface area (Å²) in [6.45, 7) is 15.1. The number of thioether (sulfide) groups is 1. The smallest absolute Gasteiger partial charge is 0.0804 e. The van der Waals surface area contributed by atoms with Crippen LogP contribution in [0, 0.1) is 17.8 Å². The Kier molecular flexibility index (Phi) is 8.02. The van der Waals surface area contributed by atoms with Crippen LogP contribution >= 0.6 is 23.1 Å². The Morgan fingerprint density at radius 1 is 0.810 bits per heavy atom. The number of hydrogen-bond acceptors (Lipinski definition) is 3. The van der Waals surface area contributed by atoms with Crippen molar-refractivity contribution in [1.82, 2.24) is 0 Å². The maximum absolute atomic E-state index is 2.45. The van der Waals surface area contributed by atoms with Gasteiger partial charge < -0.3 is 4.90 Å². The third kappa shape index (κ3) is 6.33. The van der Waals surface area contributed by atoms with Gasteiger partial charge in [0.25, 0.3) is 0 Å². The van der Waals surface area contributed by atoms with Crippen LogP contribution in [0.3, 0.4) is 0 Å². The topological polar surface area (TPSA) is 3.24 Å². The summed E-state index contributed by atoms with van der Waals surface area (Å²) in [5.41, 5.74) is 8.96. The van der Waals surface area contributed by atoms with E-state index in [1.807, 2.05) is 23.1 Å². The molecule has 0 atom stereocenters. The van der Waals surface area contributed by atoms with E-state index in [0.717, 1.165) is 32.2 Å². The van der Waals surface area contributed by atoms with Gasteiger partial charge in [-0.25, -0.2) is 0 Å². The highest BCUT2D eigenvalue weighted by Gasteiger charge is 2.28. The zero-order chi connectivity index (χ0) is 29.5. The van der Waals surface area contributed by atoms with E-state index in [0.29, 0.717) is 0 Å². The molecule has 0 unspecified atom stereocenters. The molecule has 1 aromatic heterocycles. The first-order valence-corrected chi connectivity index (χ1v) is 17.0. The van der Waals surface area contributed by atoms with Crippen LogP contribution < -0.4 is 4.90 Å². The lowest BCUT2D eigenvalue weighted by molar-refractivity contribution is 0.355. The molecule has 216 valence electrons. The molecule has 0 spiro atoms. The zero-order valence-electron chi connectivity index (χ0n) is 26.0. The van der Waals surface area contributed by atoms with Crippen LogP contribution in [0.1, 0.15) is 70.7 Å². The Labute approximate surface area is 261 Å². The first-order chi connectivity index (χ1) is 20.1. The van der Waals surface area contributed by atoms with Crippen LogP contribution in [0.5, 0.6) is 0 Å². The molecule has 0 fully saturated rings. The summed E-state index contributed by atoms with van der Waals surface area (Å²) in [6, 6.07) is 17.6. The van der Waals surface area contributed by atoms with Crippen LogP contribution in [-0.2, 0) is 0 Å². The van der Waals surface area contributed by atoms with Crippen molar-refractivity contribution >= 4 is 44.9 Å². The van der Waals surface area contributed by atoms with E-state index in [4.69, 9.17) is 0 Å². The number of rotatable bonds is 5. The minimum Gasteiger partial charge on any atom is -0.335 e. The van der Waals surface area contributed by atoms with E-state index in [1.54, 1.807) is 0 Å². The third-order valence-corrected chi connectivity index (χ3v) is 10.9. The highest BCUT2D eigenvalue weighted by Crippen LogP contribution is 2.47. The molecule has 0 saturated heterocycles. The van der Waals surface area contributed by atoms with Crippen LogP contribution in [0.4, 0.5) is 5.69 Å². The lowest BCUT2D eigenvalue weighted by Gasteiger charge is -2.31. The van der Waals surface area contributed by atoms with E-state index in [1.165, 1.54) is 58.4 Å². The first-order valence-electron chi connectivity index (χ1n) is 15.3. The largest absolute Gasteiger partial charge is 0.335 e. The van der Waals surface area contributed by atoms with Gasteiger partial charge in [0, 0.05) is 21.0 Å². The molecule has 3 aromatic rings. The second-order valence-corrected chi connectivity index (χ2v) is 15.8. The summed E-state index contributed by atoms with van der Waals surface area (Å²) in [5, 5.41) is 2.73. The quantitative estimate of drug-likeness (QED) is 0.291. The Morgan fingerprint density at radius 3 is 2.29 bits per heavy atom. The van der Waals surface area contributed by atoms with E-state index in [9.17, 15) is 0 Å². The fourth-order valence-electron chi connectivity index (χ4n) is 6.85. The van der Waals surface area contributed by atoms with Gasteiger partial charge in [0.2, 0.25) is 0 Å². The van der Waals surface area contributed by atoms with E-state index in [2.05, 4.69) is 138 Å². The predicted octanol–water partition coefficient (Wildman–Crippen LogP) is 12.0. The molecule has 0 saturated carbocycles. The highest BCUT2D eigenvalue weighted by atomic mass is 32.2. The maximum atomic E-state index is 2.45. The highest BCUT2D eigenvalue weighted by molar-refractivity contribution is 8.03. The number of benzene rings is 2. The van der Waals surface area contributed by atoms with Crippen LogP contribution in [-0.4, -0.2) is 6.54 Å². The number of thiophene rings is 1. The molecule has 0 amide bonds. The van der Waals surface area contributed by atoms with Crippen molar-refractivity contribution in [2.75, 3.05) is 11.4 Å². The van der Waals surface area contributed by atoms with Crippen molar-refractivity contribution in [3.05, 3.63) is 123 Å². The Morgan fingerprint density at radius 2 is 1.50 bits per heavy atom. The summed E-state index contributed by atoms with van der Waals surface area (Å²) in [4.78, 5) is 5.21. The standard InChI is InChI=1S/C39H43NS2/c1-7-40-33-16-9-11-18-35(33)42-37(40)22-31-20-29(24-39(5,6)26-31)14-12-13-28-19-30(25-38(3,4)23-28)21-36-27(2)32-15-8-10-17-34(32)41-36/h8-22H,7,23-26H2,1-6H3/b13-12+,29-14-,30-21-,37-22-. The van der Waals surface area contributed by atoms with Crippen LogP contribution in [0.25, 0.3) is 16.2 Å². The number of allylic oxidation sites excluding steroid dienone is 10. The van der Waals surface area contributed by atoms with Crippen LogP contribution in [0.2, 0.25) is 0 Å². The molecular weight excluding hydrogens is 547 g/mol. The van der Waals surface area contributed by atoms with Gasteiger partial charge in [-0.2, -0.15) is 0 Å². The van der Waals surface area contributed by atoms with Gasteiger partial charge in [0.15, 0.2) is 0 Å². The van der Waals surface area contributed by atoms with Crippen molar-refractivity contribution in [3.63, 3.8) is 0 Å². The molecule has 1 nitrogen and oxygen atoms in total. The maximum Gasteiger partial charge on any atom is 0.0804 e. The van der Waals surface area contributed by atoms with Gasteiger partial charge in [0.1, 0.15) is 0 Å². The zero-order valence-corrected chi connectivity index (χ0v) is 27.6. The van der Waals surface area contributed by atoms with Gasteiger partial charge in [-0.1, -0.05) is 100 Å². The molecule has 2 heterocycles. The SMILES string of the molecule is CCN1/C(=C/C2=CC(=C/C=C/C3=CC(=C/c4sc5ccccc5c4C)/CC(C)(C)C3)/CC(C)(C)C2)Sc2ccccc21. The summed E-state index contributed by atoms with van der Waals surface area (Å²) in [7, 11) is 0. The molecule has 2 aliphatic carbocycles. The lowest BCUT2D eigenvalue weighted by Crippen LogP contribution is -2.19. The van der Waals surface area contributed by atoms with E-state index >= 15 is 0 Å². The van der Waals surface area contributed by atoms with Crippen molar-refractivity contribution in [3.8, 4) is 0 Å². The van der Waals surface area contributed by atoms with Gasteiger partial charge in [-0.3, -0.25) is 0 Å². The van der Waals surface area contributed by atoms with E-state index < -0.39 is 0 Å². The van der Waals surface area contributed by atoms with Gasteiger partial charge in [0.05, 0.1) is 10.7 Å².